The normalized spacial score (nSPS) is 19.8. The van der Waals surface area contributed by atoms with Gasteiger partial charge in [-0.3, -0.25) is 9.69 Å². The number of hydrogen-bond donors (Lipinski definition) is 1. The van der Waals surface area contributed by atoms with E-state index in [4.69, 9.17) is 15.2 Å². The lowest BCUT2D eigenvalue weighted by molar-refractivity contribution is -0.118. The SMILES string of the molecule is COc1ccc(N2CCN(CCC(N)=O)C(Cc3ccccc3)C2)cc1OC1CCCC1. The van der Waals surface area contributed by atoms with Gasteiger partial charge in [0.2, 0.25) is 5.91 Å². The first-order valence-electron chi connectivity index (χ1n) is 11.8. The molecule has 2 aromatic rings. The number of hydrogen-bond acceptors (Lipinski definition) is 5. The predicted octanol–water partition coefficient (Wildman–Crippen LogP) is 3.63. The molecule has 6 heteroatoms. The number of primary amides is 1. The van der Waals surface area contributed by atoms with Crippen LogP contribution in [0.15, 0.2) is 48.5 Å². The van der Waals surface area contributed by atoms with Crippen LogP contribution in [0, 0.1) is 0 Å². The minimum Gasteiger partial charge on any atom is -0.493 e. The van der Waals surface area contributed by atoms with Crippen molar-refractivity contribution in [3.05, 3.63) is 54.1 Å². The summed E-state index contributed by atoms with van der Waals surface area (Å²) in [5.41, 5.74) is 7.90. The van der Waals surface area contributed by atoms with Crippen LogP contribution in [0.5, 0.6) is 11.5 Å². The van der Waals surface area contributed by atoms with E-state index in [1.807, 2.05) is 12.1 Å². The number of nitrogens with two attached hydrogens (primary N) is 1. The second kappa shape index (κ2) is 10.7. The van der Waals surface area contributed by atoms with E-state index in [1.165, 1.54) is 18.4 Å². The van der Waals surface area contributed by atoms with E-state index in [1.54, 1.807) is 7.11 Å². The van der Waals surface area contributed by atoms with Crippen molar-refractivity contribution >= 4 is 11.6 Å². The van der Waals surface area contributed by atoms with Gasteiger partial charge in [0.25, 0.3) is 0 Å². The first kappa shape index (κ1) is 22.5. The molecule has 2 N–H and O–H groups in total. The number of amides is 1. The molecule has 1 aliphatic heterocycles. The number of carbonyl (C=O) groups is 1. The number of anilines is 1. The zero-order valence-electron chi connectivity index (χ0n) is 19.0. The second-order valence-electron chi connectivity index (χ2n) is 8.90. The van der Waals surface area contributed by atoms with Gasteiger partial charge in [0.1, 0.15) is 0 Å². The maximum absolute atomic E-state index is 11.4. The molecule has 6 nitrogen and oxygen atoms in total. The monoisotopic (exact) mass is 437 g/mol. The Bertz CT molecular complexity index is 883. The van der Waals surface area contributed by atoms with Crippen molar-refractivity contribution in [3.8, 4) is 11.5 Å². The molecule has 32 heavy (non-hydrogen) atoms. The highest BCUT2D eigenvalue weighted by Crippen LogP contribution is 2.35. The molecule has 0 radical (unpaired) electrons. The minimum atomic E-state index is -0.241. The molecule has 0 aromatic heterocycles. The quantitative estimate of drug-likeness (QED) is 0.649. The molecule has 1 saturated heterocycles. The molecule has 0 spiro atoms. The summed E-state index contributed by atoms with van der Waals surface area (Å²) < 4.78 is 11.9. The lowest BCUT2D eigenvalue weighted by Crippen LogP contribution is -2.54. The van der Waals surface area contributed by atoms with Crippen molar-refractivity contribution in [2.75, 3.05) is 38.2 Å². The van der Waals surface area contributed by atoms with Gasteiger partial charge >= 0.3 is 0 Å². The van der Waals surface area contributed by atoms with Crippen LogP contribution in [0.3, 0.4) is 0 Å². The Morgan fingerprint density at radius 1 is 1.06 bits per heavy atom. The number of rotatable bonds is 9. The van der Waals surface area contributed by atoms with Crippen LogP contribution in [0.25, 0.3) is 0 Å². The highest BCUT2D eigenvalue weighted by atomic mass is 16.5. The molecule has 1 unspecified atom stereocenters. The van der Waals surface area contributed by atoms with Gasteiger partial charge < -0.3 is 20.1 Å². The second-order valence-corrected chi connectivity index (χ2v) is 8.90. The molecule has 172 valence electrons. The molecule has 2 aromatic carbocycles. The molecule has 4 rings (SSSR count). The molecule has 2 fully saturated rings. The molecular formula is C26H35N3O3. The Balaban J connectivity index is 1.51. The van der Waals surface area contributed by atoms with E-state index in [2.05, 4.69) is 46.2 Å². The van der Waals surface area contributed by atoms with Crippen LogP contribution in [0.2, 0.25) is 0 Å². The summed E-state index contributed by atoms with van der Waals surface area (Å²) in [6.07, 6.45) is 6.33. The summed E-state index contributed by atoms with van der Waals surface area (Å²) in [7, 11) is 1.70. The summed E-state index contributed by atoms with van der Waals surface area (Å²) in [5.74, 6) is 1.39. The maximum atomic E-state index is 11.4. The molecule has 1 heterocycles. The summed E-state index contributed by atoms with van der Waals surface area (Å²) in [6, 6.07) is 17.1. The van der Waals surface area contributed by atoms with Crippen LogP contribution in [0.4, 0.5) is 5.69 Å². The molecule has 0 bridgehead atoms. The van der Waals surface area contributed by atoms with Gasteiger partial charge in [-0.1, -0.05) is 30.3 Å². The van der Waals surface area contributed by atoms with Crippen molar-refractivity contribution in [2.45, 2.75) is 50.7 Å². The lowest BCUT2D eigenvalue weighted by Gasteiger charge is -2.42. The minimum absolute atomic E-state index is 0.241. The topological polar surface area (TPSA) is 68.0 Å². The smallest absolute Gasteiger partial charge is 0.218 e. The van der Waals surface area contributed by atoms with E-state index >= 15 is 0 Å². The zero-order valence-corrected chi connectivity index (χ0v) is 19.0. The van der Waals surface area contributed by atoms with E-state index in [9.17, 15) is 4.79 Å². The number of nitrogens with zero attached hydrogens (tertiary/aromatic N) is 2. The van der Waals surface area contributed by atoms with Gasteiger partial charge in [-0.25, -0.2) is 0 Å². The van der Waals surface area contributed by atoms with E-state index in [-0.39, 0.29) is 12.0 Å². The Kier molecular flexibility index (Phi) is 7.53. The van der Waals surface area contributed by atoms with Crippen molar-refractivity contribution in [2.24, 2.45) is 5.73 Å². The van der Waals surface area contributed by atoms with Gasteiger partial charge in [-0.2, -0.15) is 0 Å². The fourth-order valence-corrected chi connectivity index (χ4v) is 4.90. The fraction of sp³-hybridized carbons (Fsp3) is 0.500. The first-order valence-corrected chi connectivity index (χ1v) is 11.8. The predicted molar refractivity (Wildman–Crippen MR) is 127 cm³/mol. The van der Waals surface area contributed by atoms with E-state index in [0.29, 0.717) is 19.0 Å². The van der Waals surface area contributed by atoms with Gasteiger partial charge in [0, 0.05) is 50.4 Å². The van der Waals surface area contributed by atoms with E-state index in [0.717, 1.165) is 56.1 Å². The average molecular weight is 438 g/mol. The number of methoxy groups -OCH3 is 1. The van der Waals surface area contributed by atoms with Gasteiger partial charge in [0.05, 0.1) is 13.2 Å². The van der Waals surface area contributed by atoms with Gasteiger partial charge in [-0.05, 0) is 49.8 Å². The van der Waals surface area contributed by atoms with Crippen molar-refractivity contribution in [1.82, 2.24) is 4.90 Å². The maximum Gasteiger partial charge on any atom is 0.218 e. The van der Waals surface area contributed by atoms with Crippen molar-refractivity contribution in [1.29, 1.82) is 0 Å². The fourth-order valence-electron chi connectivity index (χ4n) is 4.90. The highest BCUT2D eigenvalue weighted by Gasteiger charge is 2.28. The lowest BCUT2D eigenvalue weighted by atomic mass is 10.0. The average Bonchev–Trinajstić information content (AvgIpc) is 3.32. The standard InChI is InChI=1S/C26H35N3O3/c1-31-24-12-11-21(18-25(24)32-23-9-5-6-10-23)29-16-15-28(14-13-26(27)30)22(19-29)17-20-7-3-2-4-8-20/h2-4,7-8,11-12,18,22-23H,5-6,9-10,13-17,19H2,1H3,(H2,27,30). The summed E-state index contributed by atoms with van der Waals surface area (Å²) >= 11 is 0. The molecule has 1 amide bonds. The number of benzene rings is 2. The van der Waals surface area contributed by atoms with Crippen LogP contribution < -0.4 is 20.1 Å². The summed E-state index contributed by atoms with van der Waals surface area (Å²) in [5, 5.41) is 0. The Labute approximate surface area is 191 Å². The van der Waals surface area contributed by atoms with Crippen LogP contribution in [-0.2, 0) is 11.2 Å². The van der Waals surface area contributed by atoms with Gasteiger partial charge in [0.15, 0.2) is 11.5 Å². The van der Waals surface area contributed by atoms with Gasteiger partial charge in [-0.15, -0.1) is 0 Å². The third-order valence-corrected chi connectivity index (χ3v) is 6.67. The summed E-state index contributed by atoms with van der Waals surface area (Å²) in [4.78, 5) is 16.2. The first-order chi connectivity index (χ1) is 15.6. The number of piperazine rings is 1. The number of carbonyl (C=O) groups excluding carboxylic acids is 1. The van der Waals surface area contributed by atoms with Crippen molar-refractivity contribution < 1.29 is 14.3 Å². The highest BCUT2D eigenvalue weighted by molar-refractivity contribution is 5.73. The molecule has 1 aliphatic carbocycles. The zero-order chi connectivity index (χ0) is 22.3. The Morgan fingerprint density at radius 2 is 1.84 bits per heavy atom. The Hall–Kier alpha value is -2.73. The van der Waals surface area contributed by atoms with Crippen molar-refractivity contribution in [3.63, 3.8) is 0 Å². The third kappa shape index (κ3) is 5.74. The molecule has 2 aliphatic rings. The van der Waals surface area contributed by atoms with E-state index < -0.39 is 0 Å². The number of ether oxygens (including phenoxy) is 2. The van der Waals surface area contributed by atoms with Crippen LogP contribution in [0.1, 0.15) is 37.7 Å². The summed E-state index contributed by atoms with van der Waals surface area (Å²) in [6.45, 7) is 3.40. The largest absolute Gasteiger partial charge is 0.493 e. The molecule has 1 saturated carbocycles. The van der Waals surface area contributed by atoms with Crippen LogP contribution in [-0.4, -0.2) is 56.2 Å². The molecule has 1 atom stereocenters. The third-order valence-electron chi connectivity index (χ3n) is 6.67. The molecular weight excluding hydrogens is 402 g/mol. The van der Waals surface area contributed by atoms with Crippen LogP contribution >= 0.6 is 0 Å². The Morgan fingerprint density at radius 3 is 2.56 bits per heavy atom.